The maximum Gasteiger partial charge on any atom is 0.262 e. The van der Waals surface area contributed by atoms with Gasteiger partial charge in [0.25, 0.3) is 11.8 Å². The van der Waals surface area contributed by atoms with Gasteiger partial charge in [0.05, 0.1) is 11.7 Å². The van der Waals surface area contributed by atoms with E-state index in [0.717, 1.165) is 0 Å². The summed E-state index contributed by atoms with van der Waals surface area (Å²) in [6.07, 6.45) is 3.33. The van der Waals surface area contributed by atoms with Crippen LogP contribution >= 0.6 is 0 Å². The number of carbonyl (C=O) groups is 2. The number of rotatable bonds is 3. The van der Waals surface area contributed by atoms with Gasteiger partial charge in [-0.3, -0.25) is 9.59 Å². The summed E-state index contributed by atoms with van der Waals surface area (Å²) in [5, 5.41) is 5.50. The van der Waals surface area contributed by atoms with Crippen molar-refractivity contribution in [3.63, 3.8) is 0 Å². The first-order chi connectivity index (χ1) is 10.1. The SMILES string of the molecule is CC(NC(=O)c1ccc2c(c1)NC(=O)CO2)c1ncc[nH]1. The van der Waals surface area contributed by atoms with Gasteiger partial charge in [-0.05, 0) is 25.1 Å². The summed E-state index contributed by atoms with van der Waals surface area (Å²) in [4.78, 5) is 30.5. The number of amides is 2. The first-order valence-electron chi connectivity index (χ1n) is 6.50. The minimum absolute atomic E-state index is 0.00588. The zero-order chi connectivity index (χ0) is 14.8. The van der Waals surface area contributed by atoms with Crippen LogP contribution in [0.4, 0.5) is 5.69 Å². The molecule has 0 radical (unpaired) electrons. The van der Waals surface area contributed by atoms with Gasteiger partial charge in [0.2, 0.25) is 0 Å². The van der Waals surface area contributed by atoms with Crippen LogP contribution in [0.15, 0.2) is 30.6 Å². The number of imidazole rings is 1. The number of anilines is 1. The first kappa shape index (κ1) is 13.2. The number of nitrogens with zero attached hydrogens (tertiary/aromatic N) is 1. The van der Waals surface area contributed by atoms with Gasteiger partial charge >= 0.3 is 0 Å². The van der Waals surface area contributed by atoms with Crippen molar-refractivity contribution >= 4 is 17.5 Å². The summed E-state index contributed by atoms with van der Waals surface area (Å²) in [6, 6.07) is 4.67. The molecule has 0 spiro atoms. The fraction of sp³-hybridized carbons (Fsp3) is 0.214. The van der Waals surface area contributed by atoms with Crippen molar-refractivity contribution in [1.82, 2.24) is 15.3 Å². The standard InChI is InChI=1S/C14H14N4O3/c1-8(13-15-4-5-16-13)17-14(20)9-2-3-11-10(6-9)18-12(19)7-21-11/h2-6,8H,7H2,1H3,(H,15,16)(H,17,20)(H,18,19). The number of fused-ring (bicyclic) bond motifs is 1. The van der Waals surface area contributed by atoms with Gasteiger partial charge < -0.3 is 20.4 Å². The van der Waals surface area contributed by atoms with E-state index in [1.807, 2.05) is 6.92 Å². The summed E-state index contributed by atoms with van der Waals surface area (Å²) in [5.41, 5.74) is 0.947. The number of ether oxygens (including phenoxy) is 1. The average Bonchev–Trinajstić information content (AvgIpc) is 3.00. The smallest absolute Gasteiger partial charge is 0.262 e. The highest BCUT2D eigenvalue weighted by molar-refractivity contribution is 5.99. The number of carbonyl (C=O) groups excluding carboxylic acids is 2. The molecule has 21 heavy (non-hydrogen) atoms. The average molecular weight is 286 g/mol. The molecule has 1 aliphatic rings. The Morgan fingerprint density at radius 3 is 3.10 bits per heavy atom. The van der Waals surface area contributed by atoms with E-state index in [1.165, 1.54) is 0 Å². The minimum Gasteiger partial charge on any atom is -0.482 e. The molecule has 2 aromatic rings. The van der Waals surface area contributed by atoms with E-state index in [1.54, 1.807) is 30.6 Å². The minimum atomic E-state index is -0.249. The molecule has 1 aromatic carbocycles. The van der Waals surface area contributed by atoms with Crippen molar-refractivity contribution < 1.29 is 14.3 Å². The van der Waals surface area contributed by atoms with Crippen LogP contribution in [-0.2, 0) is 4.79 Å². The molecule has 2 amide bonds. The summed E-state index contributed by atoms with van der Waals surface area (Å²) >= 11 is 0. The third-order valence-corrected chi connectivity index (χ3v) is 3.15. The van der Waals surface area contributed by atoms with Crippen LogP contribution in [0.2, 0.25) is 0 Å². The molecule has 0 fully saturated rings. The molecule has 108 valence electrons. The second-order valence-electron chi connectivity index (χ2n) is 4.72. The molecule has 7 heteroatoms. The molecular weight excluding hydrogens is 272 g/mol. The maximum atomic E-state index is 12.2. The number of aromatic amines is 1. The first-order valence-corrected chi connectivity index (χ1v) is 6.50. The molecule has 3 rings (SSSR count). The number of nitrogens with one attached hydrogen (secondary N) is 3. The van der Waals surface area contributed by atoms with Crippen molar-refractivity contribution in [3.05, 3.63) is 42.0 Å². The highest BCUT2D eigenvalue weighted by Gasteiger charge is 2.19. The molecule has 3 N–H and O–H groups in total. The van der Waals surface area contributed by atoms with E-state index in [-0.39, 0.29) is 24.5 Å². The van der Waals surface area contributed by atoms with Gasteiger partial charge in [-0.15, -0.1) is 0 Å². The van der Waals surface area contributed by atoms with Crippen molar-refractivity contribution in [2.24, 2.45) is 0 Å². The Balaban J connectivity index is 1.76. The molecule has 1 aliphatic heterocycles. The molecule has 1 aromatic heterocycles. The van der Waals surface area contributed by atoms with Crippen molar-refractivity contribution in [2.45, 2.75) is 13.0 Å². The highest BCUT2D eigenvalue weighted by atomic mass is 16.5. The van der Waals surface area contributed by atoms with Crippen LogP contribution in [0.25, 0.3) is 0 Å². The monoisotopic (exact) mass is 286 g/mol. The van der Waals surface area contributed by atoms with E-state index >= 15 is 0 Å². The largest absolute Gasteiger partial charge is 0.482 e. The summed E-state index contributed by atoms with van der Waals surface area (Å²) in [6.45, 7) is 1.83. The molecule has 0 aliphatic carbocycles. The zero-order valence-electron chi connectivity index (χ0n) is 11.3. The number of benzene rings is 1. The predicted octanol–water partition coefficient (Wildman–Crippen LogP) is 1.23. The molecule has 0 saturated heterocycles. The van der Waals surface area contributed by atoms with Crippen LogP contribution < -0.4 is 15.4 Å². The lowest BCUT2D eigenvalue weighted by atomic mass is 10.1. The topological polar surface area (TPSA) is 96.1 Å². The third kappa shape index (κ3) is 2.71. The maximum absolute atomic E-state index is 12.2. The van der Waals surface area contributed by atoms with Crippen molar-refractivity contribution in [3.8, 4) is 5.75 Å². The third-order valence-electron chi connectivity index (χ3n) is 3.15. The van der Waals surface area contributed by atoms with Crippen LogP contribution in [0.1, 0.15) is 29.1 Å². The molecule has 2 heterocycles. The van der Waals surface area contributed by atoms with Gasteiger partial charge in [-0.2, -0.15) is 0 Å². The molecule has 1 atom stereocenters. The Kier molecular flexibility index (Phi) is 3.31. The van der Waals surface area contributed by atoms with Gasteiger partial charge in [0.1, 0.15) is 11.6 Å². The Morgan fingerprint density at radius 2 is 2.33 bits per heavy atom. The molecular formula is C14H14N4O3. The van der Waals surface area contributed by atoms with E-state index in [2.05, 4.69) is 20.6 Å². The summed E-state index contributed by atoms with van der Waals surface area (Å²) in [7, 11) is 0. The lowest BCUT2D eigenvalue weighted by molar-refractivity contribution is -0.118. The second-order valence-corrected chi connectivity index (χ2v) is 4.72. The fourth-order valence-electron chi connectivity index (χ4n) is 2.09. The molecule has 0 saturated carbocycles. The lowest BCUT2D eigenvalue weighted by Gasteiger charge is -2.19. The zero-order valence-corrected chi connectivity index (χ0v) is 11.3. The van der Waals surface area contributed by atoms with E-state index in [9.17, 15) is 9.59 Å². The Morgan fingerprint density at radius 1 is 1.48 bits per heavy atom. The van der Waals surface area contributed by atoms with Gasteiger partial charge in [-0.25, -0.2) is 4.98 Å². The van der Waals surface area contributed by atoms with E-state index < -0.39 is 0 Å². The lowest BCUT2D eigenvalue weighted by Crippen LogP contribution is -2.28. The normalized spacial score (nSPS) is 14.6. The van der Waals surface area contributed by atoms with Crippen LogP contribution in [-0.4, -0.2) is 28.4 Å². The Bertz CT molecular complexity index is 682. The molecule has 0 bridgehead atoms. The summed E-state index contributed by atoms with van der Waals surface area (Å²) in [5.74, 6) is 0.758. The fourth-order valence-corrected chi connectivity index (χ4v) is 2.09. The highest BCUT2D eigenvalue weighted by Crippen LogP contribution is 2.28. The Labute approximate surface area is 120 Å². The molecule has 7 nitrogen and oxygen atoms in total. The summed E-state index contributed by atoms with van der Waals surface area (Å²) < 4.78 is 5.25. The molecule has 1 unspecified atom stereocenters. The van der Waals surface area contributed by atoms with E-state index in [0.29, 0.717) is 22.8 Å². The van der Waals surface area contributed by atoms with Crippen molar-refractivity contribution in [1.29, 1.82) is 0 Å². The quantitative estimate of drug-likeness (QED) is 0.790. The number of aromatic nitrogens is 2. The van der Waals surface area contributed by atoms with Crippen LogP contribution in [0, 0.1) is 0 Å². The van der Waals surface area contributed by atoms with Crippen LogP contribution in [0.5, 0.6) is 5.75 Å². The number of hydrogen-bond donors (Lipinski definition) is 3. The van der Waals surface area contributed by atoms with Crippen molar-refractivity contribution in [2.75, 3.05) is 11.9 Å². The van der Waals surface area contributed by atoms with Gasteiger partial charge in [-0.1, -0.05) is 0 Å². The van der Waals surface area contributed by atoms with Gasteiger partial charge in [0.15, 0.2) is 6.61 Å². The van der Waals surface area contributed by atoms with Gasteiger partial charge in [0, 0.05) is 18.0 Å². The number of H-pyrrole nitrogens is 1. The second kappa shape index (κ2) is 5.28. The van der Waals surface area contributed by atoms with E-state index in [4.69, 9.17) is 4.74 Å². The number of hydrogen-bond acceptors (Lipinski definition) is 4. The van der Waals surface area contributed by atoms with Crippen LogP contribution in [0.3, 0.4) is 0 Å². The Hall–Kier alpha value is -2.83. The predicted molar refractivity (Wildman–Crippen MR) is 75.0 cm³/mol.